The SMILES string of the molecule is Cc1ccc([N+](=O)[O-])cc1C=NNC(N)=S. The van der Waals surface area contributed by atoms with Gasteiger partial charge < -0.3 is 5.73 Å². The Bertz CT molecular complexity index is 459. The molecule has 7 heteroatoms. The van der Waals surface area contributed by atoms with Gasteiger partial charge >= 0.3 is 0 Å². The summed E-state index contributed by atoms with van der Waals surface area (Å²) in [6.45, 7) is 1.83. The fraction of sp³-hybridized carbons (Fsp3) is 0.111. The van der Waals surface area contributed by atoms with Crippen LogP contribution in [0.3, 0.4) is 0 Å². The van der Waals surface area contributed by atoms with E-state index in [9.17, 15) is 10.1 Å². The minimum Gasteiger partial charge on any atom is -0.375 e. The molecule has 0 fully saturated rings. The first-order valence-corrected chi connectivity index (χ1v) is 4.75. The molecule has 0 aliphatic rings. The predicted molar refractivity (Wildman–Crippen MR) is 65.3 cm³/mol. The first kappa shape index (κ1) is 12.1. The summed E-state index contributed by atoms with van der Waals surface area (Å²) in [5, 5.41) is 14.3. The third-order valence-corrected chi connectivity index (χ3v) is 1.94. The fourth-order valence-electron chi connectivity index (χ4n) is 1.05. The molecule has 0 spiro atoms. The van der Waals surface area contributed by atoms with Crippen molar-refractivity contribution in [2.45, 2.75) is 6.92 Å². The lowest BCUT2D eigenvalue weighted by Gasteiger charge is -1.99. The van der Waals surface area contributed by atoms with E-state index in [1.807, 2.05) is 6.92 Å². The van der Waals surface area contributed by atoms with E-state index in [0.29, 0.717) is 5.56 Å². The highest BCUT2D eigenvalue weighted by molar-refractivity contribution is 7.80. The van der Waals surface area contributed by atoms with Crippen LogP contribution in [-0.4, -0.2) is 16.3 Å². The Morgan fingerprint density at radius 2 is 2.38 bits per heavy atom. The number of thiocarbonyl (C=S) groups is 1. The quantitative estimate of drug-likeness (QED) is 0.355. The number of benzene rings is 1. The van der Waals surface area contributed by atoms with Crippen molar-refractivity contribution in [2.75, 3.05) is 0 Å². The van der Waals surface area contributed by atoms with Crippen LogP contribution in [0.2, 0.25) is 0 Å². The van der Waals surface area contributed by atoms with E-state index in [1.165, 1.54) is 18.3 Å². The number of rotatable bonds is 3. The summed E-state index contributed by atoms with van der Waals surface area (Å²) in [4.78, 5) is 10.1. The second kappa shape index (κ2) is 5.17. The van der Waals surface area contributed by atoms with E-state index >= 15 is 0 Å². The van der Waals surface area contributed by atoms with Gasteiger partial charge in [-0.2, -0.15) is 5.10 Å². The standard InChI is InChI=1S/C9H10N4O2S/c1-6-2-3-8(13(14)15)4-7(6)5-11-12-9(10)16/h2-5H,1H3,(H3,10,12,16). The van der Waals surface area contributed by atoms with Gasteiger partial charge in [0.25, 0.3) is 5.69 Å². The highest BCUT2D eigenvalue weighted by Crippen LogP contribution is 2.15. The van der Waals surface area contributed by atoms with E-state index in [1.54, 1.807) is 6.07 Å². The molecule has 0 radical (unpaired) electrons. The second-order valence-electron chi connectivity index (χ2n) is 3.03. The van der Waals surface area contributed by atoms with Gasteiger partial charge in [0.2, 0.25) is 0 Å². The maximum Gasteiger partial charge on any atom is 0.270 e. The van der Waals surface area contributed by atoms with Crippen molar-refractivity contribution in [1.82, 2.24) is 5.43 Å². The Kier molecular flexibility index (Phi) is 3.90. The van der Waals surface area contributed by atoms with Crippen LogP contribution in [0, 0.1) is 17.0 Å². The van der Waals surface area contributed by atoms with Gasteiger partial charge in [0, 0.05) is 17.7 Å². The first-order chi connectivity index (χ1) is 7.50. The summed E-state index contributed by atoms with van der Waals surface area (Å²) in [5.41, 5.74) is 9.08. The number of nitro groups is 1. The van der Waals surface area contributed by atoms with Crippen LogP contribution in [0.25, 0.3) is 0 Å². The molecule has 0 bridgehead atoms. The molecule has 0 unspecified atom stereocenters. The number of nitro benzene ring substituents is 1. The molecule has 1 aromatic rings. The number of nitrogens with two attached hydrogens (primary N) is 1. The van der Waals surface area contributed by atoms with Crippen molar-refractivity contribution in [2.24, 2.45) is 10.8 Å². The van der Waals surface area contributed by atoms with Gasteiger partial charge in [0.05, 0.1) is 11.1 Å². The number of nitrogens with one attached hydrogen (secondary N) is 1. The Morgan fingerprint density at radius 1 is 1.69 bits per heavy atom. The Hall–Kier alpha value is -2.02. The van der Waals surface area contributed by atoms with Crippen molar-refractivity contribution in [3.63, 3.8) is 0 Å². The van der Waals surface area contributed by atoms with Crippen molar-refractivity contribution < 1.29 is 4.92 Å². The molecular weight excluding hydrogens is 228 g/mol. The van der Waals surface area contributed by atoms with Crippen LogP contribution in [-0.2, 0) is 0 Å². The van der Waals surface area contributed by atoms with E-state index in [-0.39, 0.29) is 10.8 Å². The van der Waals surface area contributed by atoms with Gasteiger partial charge in [-0.1, -0.05) is 6.07 Å². The van der Waals surface area contributed by atoms with Gasteiger partial charge in [-0.05, 0) is 24.7 Å². The lowest BCUT2D eigenvalue weighted by molar-refractivity contribution is -0.384. The van der Waals surface area contributed by atoms with Gasteiger partial charge in [-0.15, -0.1) is 0 Å². The van der Waals surface area contributed by atoms with Gasteiger partial charge in [-0.3, -0.25) is 15.5 Å². The van der Waals surface area contributed by atoms with Crippen LogP contribution in [0.1, 0.15) is 11.1 Å². The van der Waals surface area contributed by atoms with Crippen LogP contribution >= 0.6 is 12.2 Å². The highest BCUT2D eigenvalue weighted by Gasteiger charge is 2.06. The highest BCUT2D eigenvalue weighted by atomic mass is 32.1. The molecule has 0 saturated heterocycles. The third kappa shape index (κ3) is 3.28. The molecule has 0 heterocycles. The summed E-state index contributed by atoms with van der Waals surface area (Å²) in [6, 6.07) is 4.52. The summed E-state index contributed by atoms with van der Waals surface area (Å²) < 4.78 is 0. The number of non-ortho nitro benzene ring substituents is 1. The average Bonchev–Trinajstić information content (AvgIpc) is 2.20. The van der Waals surface area contributed by atoms with Crippen molar-refractivity contribution in [1.29, 1.82) is 0 Å². The minimum absolute atomic E-state index is 0.0161. The minimum atomic E-state index is -0.461. The molecule has 0 amide bonds. The molecular formula is C9H10N4O2S. The Balaban J connectivity index is 2.94. The Morgan fingerprint density at radius 3 is 2.94 bits per heavy atom. The fourth-order valence-corrected chi connectivity index (χ4v) is 1.10. The molecule has 0 aliphatic carbocycles. The molecule has 84 valence electrons. The molecule has 0 saturated carbocycles. The molecule has 1 rings (SSSR count). The second-order valence-corrected chi connectivity index (χ2v) is 3.47. The average molecular weight is 238 g/mol. The zero-order valence-corrected chi connectivity index (χ0v) is 9.32. The largest absolute Gasteiger partial charge is 0.375 e. The molecule has 0 aliphatic heterocycles. The van der Waals surface area contributed by atoms with Gasteiger partial charge in [-0.25, -0.2) is 0 Å². The summed E-state index contributed by atoms with van der Waals surface area (Å²) in [6.07, 6.45) is 1.43. The number of aryl methyl sites for hydroxylation is 1. The topological polar surface area (TPSA) is 93.5 Å². The van der Waals surface area contributed by atoms with Crippen molar-refractivity contribution in [3.8, 4) is 0 Å². The summed E-state index contributed by atoms with van der Waals surface area (Å²) in [7, 11) is 0. The number of hydrazone groups is 1. The lowest BCUT2D eigenvalue weighted by Crippen LogP contribution is -2.24. The van der Waals surface area contributed by atoms with E-state index in [0.717, 1.165) is 5.56 Å². The van der Waals surface area contributed by atoms with E-state index in [4.69, 9.17) is 5.73 Å². The summed E-state index contributed by atoms with van der Waals surface area (Å²) in [5.74, 6) is 0. The molecule has 0 atom stereocenters. The third-order valence-electron chi connectivity index (χ3n) is 1.85. The van der Waals surface area contributed by atoms with E-state index in [2.05, 4.69) is 22.7 Å². The van der Waals surface area contributed by atoms with Crippen LogP contribution < -0.4 is 11.2 Å². The first-order valence-electron chi connectivity index (χ1n) is 4.34. The normalized spacial score (nSPS) is 10.3. The number of nitrogens with zero attached hydrogens (tertiary/aromatic N) is 2. The van der Waals surface area contributed by atoms with Gasteiger partial charge in [0.1, 0.15) is 0 Å². The molecule has 3 N–H and O–H groups in total. The molecule has 0 aromatic heterocycles. The van der Waals surface area contributed by atoms with Crippen LogP contribution in [0.15, 0.2) is 23.3 Å². The smallest absolute Gasteiger partial charge is 0.270 e. The van der Waals surface area contributed by atoms with Crippen LogP contribution in [0.4, 0.5) is 5.69 Å². The molecule has 1 aromatic carbocycles. The predicted octanol–water partition coefficient (Wildman–Crippen LogP) is 1.07. The maximum atomic E-state index is 10.6. The molecule has 6 nitrogen and oxygen atoms in total. The van der Waals surface area contributed by atoms with E-state index < -0.39 is 4.92 Å². The lowest BCUT2D eigenvalue weighted by atomic mass is 10.1. The zero-order chi connectivity index (χ0) is 12.1. The number of hydrogen-bond acceptors (Lipinski definition) is 4. The Labute approximate surface area is 97.3 Å². The number of hydrogen-bond donors (Lipinski definition) is 2. The maximum absolute atomic E-state index is 10.6. The van der Waals surface area contributed by atoms with Crippen molar-refractivity contribution >= 4 is 29.2 Å². The molecule has 16 heavy (non-hydrogen) atoms. The van der Waals surface area contributed by atoms with Crippen LogP contribution in [0.5, 0.6) is 0 Å². The van der Waals surface area contributed by atoms with Crippen molar-refractivity contribution in [3.05, 3.63) is 39.4 Å². The zero-order valence-electron chi connectivity index (χ0n) is 8.51. The monoisotopic (exact) mass is 238 g/mol. The van der Waals surface area contributed by atoms with Gasteiger partial charge in [0.15, 0.2) is 5.11 Å². The summed E-state index contributed by atoms with van der Waals surface area (Å²) >= 11 is 4.56.